The minimum atomic E-state index is -0.960. The van der Waals surface area contributed by atoms with Gasteiger partial charge in [-0.3, -0.25) is 14.4 Å². The van der Waals surface area contributed by atoms with Crippen LogP contribution >= 0.6 is 27.5 Å². The van der Waals surface area contributed by atoms with Crippen molar-refractivity contribution in [2.24, 2.45) is 5.10 Å². The van der Waals surface area contributed by atoms with Crippen molar-refractivity contribution in [3.63, 3.8) is 0 Å². The molecule has 40 heavy (non-hydrogen) atoms. The fourth-order valence-electron chi connectivity index (χ4n) is 3.16. The molecule has 3 rings (SSSR count). The second-order valence-electron chi connectivity index (χ2n) is 7.89. The highest BCUT2D eigenvalue weighted by atomic mass is 79.9. The summed E-state index contributed by atoms with van der Waals surface area (Å²) in [5, 5.41) is 9.51. The number of hydrogen-bond acceptors (Lipinski definition) is 7. The van der Waals surface area contributed by atoms with Crippen molar-refractivity contribution >= 4 is 62.8 Å². The lowest BCUT2D eigenvalue weighted by atomic mass is 10.2. The largest absolute Gasteiger partial charge is 0.490 e. The first kappa shape index (κ1) is 30.2. The van der Waals surface area contributed by atoms with Crippen LogP contribution in [0.15, 0.2) is 82.9 Å². The average molecular weight is 630 g/mol. The van der Waals surface area contributed by atoms with Gasteiger partial charge in [-0.15, -0.1) is 0 Å². The number of halogens is 2. The van der Waals surface area contributed by atoms with Crippen LogP contribution in [0.4, 0.5) is 11.4 Å². The Morgan fingerprint density at radius 3 is 2.45 bits per heavy atom. The predicted octanol–water partition coefficient (Wildman–Crippen LogP) is 5.17. The summed E-state index contributed by atoms with van der Waals surface area (Å²) in [5.41, 5.74) is 3.66. The highest BCUT2D eigenvalue weighted by Gasteiger charge is 2.15. The molecule has 0 atom stereocenters. The number of carbonyl (C=O) groups excluding carboxylic acids is 3. The number of carbonyl (C=O) groups is 3. The second-order valence-corrected chi connectivity index (χ2v) is 9.18. The lowest BCUT2D eigenvalue weighted by Crippen LogP contribution is -2.32. The normalized spacial score (nSPS) is 10.5. The summed E-state index contributed by atoms with van der Waals surface area (Å²) in [6, 6.07) is 16.5. The molecule has 3 N–H and O–H groups in total. The van der Waals surface area contributed by atoms with Crippen LogP contribution in [0.25, 0.3) is 0 Å². The molecule has 0 aromatic heterocycles. The van der Waals surface area contributed by atoms with E-state index in [-0.39, 0.29) is 12.5 Å². The number of anilines is 2. The zero-order valence-corrected chi connectivity index (χ0v) is 23.8. The first-order valence-corrected chi connectivity index (χ1v) is 13.1. The molecule has 3 amide bonds. The molecule has 0 unspecified atom stereocenters. The van der Waals surface area contributed by atoms with Gasteiger partial charge in [0.05, 0.1) is 17.3 Å². The van der Waals surface area contributed by atoms with Crippen LogP contribution in [0.5, 0.6) is 17.2 Å². The minimum absolute atomic E-state index is 0.283. The number of ether oxygens (including phenoxy) is 3. The Bertz CT molecular complexity index is 1400. The number of nitrogens with one attached hydrogen (secondary N) is 3. The number of benzene rings is 3. The number of hydrogen-bond donors (Lipinski definition) is 3. The summed E-state index contributed by atoms with van der Waals surface area (Å²) >= 11 is 9.36. The topological polar surface area (TPSA) is 127 Å². The van der Waals surface area contributed by atoms with Gasteiger partial charge < -0.3 is 24.8 Å². The highest BCUT2D eigenvalue weighted by Crippen LogP contribution is 2.36. The molecular weight excluding hydrogens is 604 g/mol. The molecular formula is C28H26BrClN4O6. The molecule has 0 heterocycles. The standard InChI is InChI=1S/C28H26BrClN4O6/c1-3-12-39-22-10-8-20(9-11-22)33-27(36)28(37)34-31-16-18-13-23(29)26(24(14-18)38-4-2)40-17-25(35)32-21-7-5-6-19(30)15-21/h3,5-11,13-16H,1,4,12,17H2,2H3,(H,32,35)(H,33,36)(H,34,37)/b31-16-. The fraction of sp³-hybridized carbons (Fsp3) is 0.143. The Balaban J connectivity index is 1.57. The Hall–Kier alpha value is -4.35. The number of rotatable bonds is 12. The molecule has 12 heteroatoms. The molecule has 3 aromatic rings. The predicted molar refractivity (Wildman–Crippen MR) is 157 cm³/mol. The smallest absolute Gasteiger partial charge is 0.329 e. The van der Waals surface area contributed by atoms with Crippen molar-refractivity contribution in [3.8, 4) is 17.2 Å². The van der Waals surface area contributed by atoms with Gasteiger partial charge >= 0.3 is 11.8 Å². The molecule has 0 aliphatic rings. The molecule has 0 fully saturated rings. The molecule has 0 radical (unpaired) electrons. The van der Waals surface area contributed by atoms with E-state index in [0.29, 0.717) is 56.9 Å². The molecule has 0 spiro atoms. The van der Waals surface area contributed by atoms with E-state index in [9.17, 15) is 14.4 Å². The molecule has 0 aliphatic heterocycles. The molecule has 208 valence electrons. The van der Waals surface area contributed by atoms with E-state index in [4.69, 9.17) is 25.8 Å². The van der Waals surface area contributed by atoms with Crippen LogP contribution in [0.3, 0.4) is 0 Å². The number of amides is 3. The van der Waals surface area contributed by atoms with Gasteiger partial charge in [0, 0.05) is 16.4 Å². The van der Waals surface area contributed by atoms with Gasteiger partial charge in [-0.05, 0) is 83.0 Å². The summed E-state index contributed by atoms with van der Waals surface area (Å²) in [6.45, 7) is 5.77. The van der Waals surface area contributed by atoms with Crippen molar-refractivity contribution in [3.05, 3.63) is 88.4 Å². The molecule has 0 bridgehead atoms. The summed E-state index contributed by atoms with van der Waals surface area (Å²) in [4.78, 5) is 36.7. The van der Waals surface area contributed by atoms with Gasteiger partial charge in [0.15, 0.2) is 18.1 Å². The second kappa shape index (κ2) is 15.3. The zero-order valence-electron chi connectivity index (χ0n) is 21.4. The zero-order chi connectivity index (χ0) is 28.9. The molecule has 10 nitrogen and oxygen atoms in total. The Morgan fingerprint density at radius 2 is 1.75 bits per heavy atom. The number of hydrazone groups is 1. The fourth-order valence-corrected chi connectivity index (χ4v) is 3.92. The van der Waals surface area contributed by atoms with E-state index in [2.05, 4.69) is 43.7 Å². The van der Waals surface area contributed by atoms with E-state index >= 15 is 0 Å². The van der Waals surface area contributed by atoms with Crippen LogP contribution in [-0.4, -0.2) is 43.8 Å². The SMILES string of the molecule is C=CCOc1ccc(NC(=O)C(=O)N/N=C\c2cc(Br)c(OCC(=O)Nc3cccc(Cl)c3)c(OCC)c2)cc1. The third-order valence-electron chi connectivity index (χ3n) is 4.85. The van der Waals surface area contributed by atoms with Crippen molar-refractivity contribution in [2.45, 2.75) is 6.92 Å². The average Bonchev–Trinajstić information content (AvgIpc) is 2.92. The number of nitrogens with zero attached hydrogens (tertiary/aromatic N) is 1. The van der Waals surface area contributed by atoms with Crippen LogP contribution in [-0.2, 0) is 14.4 Å². The van der Waals surface area contributed by atoms with Gasteiger partial charge in [0.1, 0.15) is 12.4 Å². The van der Waals surface area contributed by atoms with Crippen molar-refractivity contribution in [1.29, 1.82) is 0 Å². The van der Waals surface area contributed by atoms with Crippen LogP contribution < -0.4 is 30.3 Å². The maximum absolute atomic E-state index is 12.3. The van der Waals surface area contributed by atoms with E-state index < -0.39 is 11.8 Å². The maximum atomic E-state index is 12.3. The van der Waals surface area contributed by atoms with Gasteiger partial charge in [-0.25, -0.2) is 5.43 Å². The maximum Gasteiger partial charge on any atom is 0.329 e. The Labute approximate surface area is 244 Å². The van der Waals surface area contributed by atoms with E-state index in [1.165, 1.54) is 6.21 Å². The van der Waals surface area contributed by atoms with E-state index in [0.717, 1.165) is 0 Å². The van der Waals surface area contributed by atoms with Gasteiger partial charge in [0.25, 0.3) is 5.91 Å². The van der Waals surface area contributed by atoms with Gasteiger partial charge in [0.2, 0.25) is 0 Å². The van der Waals surface area contributed by atoms with E-state index in [1.54, 1.807) is 73.7 Å². The summed E-state index contributed by atoms with van der Waals surface area (Å²) in [6.07, 6.45) is 2.95. The third kappa shape index (κ3) is 9.44. The van der Waals surface area contributed by atoms with Crippen LogP contribution in [0.1, 0.15) is 12.5 Å². The minimum Gasteiger partial charge on any atom is -0.490 e. The first-order valence-electron chi connectivity index (χ1n) is 11.9. The Morgan fingerprint density at radius 1 is 0.975 bits per heavy atom. The Kier molecular flexibility index (Phi) is 11.5. The van der Waals surface area contributed by atoms with Gasteiger partial charge in [-0.1, -0.05) is 30.3 Å². The molecule has 0 aliphatic carbocycles. The molecule has 0 saturated heterocycles. The van der Waals surface area contributed by atoms with Gasteiger partial charge in [-0.2, -0.15) is 5.10 Å². The van der Waals surface area contributed by atoms with Crippen molar-refractivity contribution in [1.82, 2.24) is 5.43 Å². The first-order chi connectivity index (χ1) is 19.3. The molecule has 0 saturated carbocycles. The lowest BCUT2D eigenvalue weighted by molar-refractivity contribution is -0.136. The van der Waals surface area contributed by atoms with Crippen LogP contribution in [0, 0.1) is 0 Å². The molecule has 3 aromatic carbocycles. The van der Waals surface area contributed by atoms with Crippen molar-refractivity contribution in [2.75, 3.05) is 30.5 Å². The lowest BCUT2D eigenvalue weighted by Gasteiger charge is -2.14. The van der Waals surface area contributed by atoms with Crippen LogP contribution in [0.2, 0.25) is 5.02 Å². The monoisotopic (exact) mass is 628 g/mol. The summed E-state index contributed by atoms with van der Waals surface area (Å²) in [5.74, 6) is -0.990. The third-order valence-corrected chi connectivity index (χ3v) is 5.68. The highest BCUT2D eigenvalue weighted by molar-refractivity contribution is 9.10. The van der Waals surface area contributed by atoms with E-state index in [1.807, 2.05) is 0 Å². The summed E-state index contributed by atoms with van der Waals surface area (Å²) in [7, 11) is 0. The quantitative estimate of drug-likeness (QED) is 0.110. The van der Waals surface area contributed by atoms with Crippen molar-refractivity contribution < 1.29 is 28.6 Å². The summed E-state index contributed by atoms with van der Waals surface area (Å²) < 4.78 is 17.2.